The number of aryl methyl sites for hydroxylation is 2. The Bertz CT molecular complexity index is 1060. The molecule has 1 heterocycles. The predicted octanol–water partition coefficient (Wildman–Crippen LogP) is 4.39. The zero-order valence-electron chi connectivity index (χ0n) is 15.3. The lowest BCUT2D eigenvalue weighted by molar-refractivity contribution is 0.0962. The molecule has 2 N–H and O–H groups in total. The number of hydrogen-bond acceptors (Lipinski definition) is 4. The first-order chi connectivity index (χ1) is 12.9. The van der Waals surface area contributed by atoms with E-state index in [1.165, 1.54) is 6.07 Å². The first-order valence-corrected chi connectivity index (χ1v) is 8.95. The molecule has 0 saturated carbocycles. The fraction of sp³-hybridized carbons (Fsp3) is 0.227. The summed E-state index contributed by atoms with van der Waals surface area (Å²) in [5.74, 6) is -0.140. The van der Waals surface area contributed by atoms with Crippen LogP contribution in [0, 0.1) is 19.7 Å². The van der Waals surface area contributed by atoms with Crippen LogP contribution in [-0.2, 0) is 6.42 Å². The van der Waals surface area contributed by atoms with Gasteiger partial charge in [0.1, 0.15) is 5.82 Å². The van der Waals surface area contributed by atoms with Gasteiger partial charge in [-0.3, -0.25) is 4.79 Å². The van der Waals surface area contributed by atoms with E-state index in [0.29, 0.717) is 35.4 Å². The monoisotopic (exact) mass is 361 g/mol. The SMILES string of the molecule is Cc1ccc(-c2ccccc2C2CC(=O)c3c(C)nc(N)nc3C2)c(F)c1. The average Bonchev–Trinajstić information content (AvgIpc) is 2.61. The Morgan fingerprint density at radius 3 is 2.59 bits per heavy atom. The van der Waals surface area contributed by atoms with E-state index in [-0.39, 0.29) is 23.5 Å². The van der Waals surface area contributed by atoms with E-state index in [1.807, 2.05) is 37.3 Å². The second-order valence-corrected chi connectivity index (χ2v) is 7.09. The molecule has 4 nitrogen and oxygen atoms in total. The highest BCUT2D eigenvalue weighted by molar-refractivity contribution is 6.00. The topological polar surface area (TPSA) is 68.9 Å². The van der Waals surface area contributed by atoms with E-state index in [4.69, 9.17) is 5.73 Å². The van der Waals surface area contributed by atoms with Gasteiger partial charge >= 0.3 is 0 Å². The zero-order valence-corrected chi connectivity index (χ0v) is 15.3. The van der Waals surface area contributed by atoms with Crippen LogP contribution in [0.1, 0.15) is 45.2 Å². The number of nitrogens with two attached hydrogens (primary N) is 1. The fourth-order valence-corrected chi connectivity index (χ4v) is 3.95. The third-order valence-corrected chi connectivity index (χ3v) is 5.15. The van der Waals surface area contributed by atoms with Gasteiger partial charge in [-0.05, 0) is 48.9 Å². The number of ketones is 1. The van der Waals surface area contributed by atoms with Gasteiger partial charge in [0.15, 0.2) is 5.78 Å². The van der Waals surface area contributed by atoms with Crippen LogP contribution in [0.2, 0.25) is 0 Å². The Morgan fingerprint density at radius 2 is 1.81 bits per heavy atom. The minimum Gasteiger partial charge on any atom is -0.368 e. The van der Waals surface area contributed by atoms with Gasteiger partial charge in [-0.1, -0.05) is 36.4 Å². The molecule has 0 bridgehead atoms. The van der Waals surface area contributed by atoms with Crippen LogP contribution in [0.25, 0.3) is 11.1 Å². The third kappa shape index (κ3) is 3.10. The average molecular weight is 361 g/mol. The van der Waals surface area contributed by atoms with Crippen LogP contribution in [0.3, 0.4) is 0 Å². The number of carbonyl (C=O) groups excluding carboxylic acids is 1. The number of nitrogen functional groups attached to an aromatic ring is 1. The van der Waals surface area contributed by atoms with Crippen molar-refractivity contribution >= 4 is 11.7 Å². The van der Waals surface area contributed by atoms with Crippen molar-refractivity contribution in [3.63, 3.8) is 0 Å². The molecule has 1 aromatic heterocycles. The van der Waals surface area contributed by atoms with Gasteiger partial charge in [0.25, 0.3) is 0 Å². The molecule has 0 fully saturated rings. The summed E-state index contributed by atoms with van der Waals surface area (Å²) in [5, 5.41) is 0. The quantitative estimate of drug-likeness (QED) is 0.735. The summed E-state index contributed by atoms with van der Waals surface area (Å²) in [7, 11) is 0. The van der Waals surface area contributed by atoms with Crippen molar-refractivity contribution in [3.05, 3.63) is 76.4 Å². The highest BCUT2D eigenvalue weighted by Gasteiger charge is 2.31. The number of Topliss-reactive ketones (excluding diaryl/α,β-unsaturated/α-hetero) is 1. The van der Waals surface area contributed by atoms with E-state index in [9.17, 15) is 9.18 Å². The van der Waals surface area contributed by atoms with E-state index >= 15 is 0 Å². The van der Waals surface area contributed by atoms with Crippen LogP contribution < -0.4 is 5.73 Å². The Morgan fingerprint density at radius 1 is 1.04 bits per heavy atom. The molecule has 4 rings (SSSR count). The number of anilines is 1. The molecule has 0 radical (unpaired) electrons. The number of nitrogens with zero attached hydrogens (tertiary/aromatic N) is 2. The van der Waals surface area contributed by atoms with Crippen LogP contribution >= 0.6 is 0 Å². The standard InChI is InChI=1S/C22H20FN3O/c1-12-7-8-17(18(23)9-12)16-6-4-3-5-15(16)14-10-19-21(20(27)11-14)13(2)25-22(24)26-19/h3-9,14H,10-11H2,1-2H3,(H2,24,25,26). The first-order valence-electron chi connectivity index (χ1n) is 8.95. The molecule has 0 spiro atoms. The Hall–Kier alpha value is -3.08. The number of rotatable bonds is 2. The molecule has 1 aliphatic carbocycles. The number of aromatic nitrogens is 2. The summed E-state index contributed by atoms with van der Waals surface area (Å²) in [4.78, 5) is 21.2. The molecular formula is C22H20FN3O. The van der Waals surface area contributed by atoms with Crippen molar-refractivity contribution in [2.24, 2.45) is 0 Å². The summed E-state index contributed by atoms with van der Waals surface area (Å²) < 4.78 is 14.6. The molecule has 136 valence electrons. The van der Waals surface area contributed by atoms with E-state index in [0.717, 1.165) is 16.7 Å². The third-order valence-electron chi connectivity index (χ3n) is 5.15. The van der Waals surface area contributed by atoms with Crippen molar-refractivity contribution in [1.82, 2.24) is 9.97 Å². The smallest absolute Gasteiger partial charge is 0.220 e. The van der Waals surface area contributed by atoms with Crippen LogP contribution in [0.5, 0.6) is 0 Å². The predicted molar refractivity (Wildman–Crippen MR) is 103 cm³/mol. The molecule has 0 amide bonds. The normalized spacial score (nSPS) is 16.3. The highest BCUT2D eigenvalue weighted by atomic mass is 19.1. The summed E-state index contributed by atoms with van der Waals surface area (Å²) >= 11 is 0. The molecule has 0 saturated heterocycles. The molecule has 1 unspecified atom stereocenters. The Labute approximate surface area is 157 Å². The van der Waals surface area contributed by atoms with Crippen molar-refractivity contribution in [3.8, 4) is 11.1 Å². The maximum absolute atomic E-state index is 14.6. The van der Waals surface area contributed by atoms with Crippen LogP contribution in [0.4, 0.5) is 10.3 Å². The molecule has 1 atom stereocenters. The van der Waals surface area contributed by atoms with Gasteiger partial charge in [0.2, 0.25) is 5.95 Å². The second kappa shape index (κ2) is 6.58. The summed E-state index contributed by atoms with van der Waals surface area (Å²) in [5.41, 5.74) is 10.9. The molecule has 5 heteroatoms. The molecule has 27 heavy (non-hydrogen) atoms. The van der Waals surface area contributed by atoms with Gasteiger partial charge < -0.3 is 5.73 Å². The number of carbonyl (C=O) groups is 1. The number of fused-ring (bicyclic) bond motifs is 1. The second-order valence-electron chi connectivity index (χ2n) is 7.09. The summed E-state index contributed by atoms with van der Waals surface area (Å²) in [6, 6.07) is 12.9. The zero-order chi connectivity index (χ0) is 19.1. The Balaban J connectivity index is 1.80. The first kappa shape index (κ1) is 17.3. The lowest BCUT2D eigenvalue weighted by Crippen LogP contribution is -2.23. The van der Waals surface area contributed by atoms with Gasteiger partial charge in [0, 0.05) is 12.0 Å². The molecule has 2 aromatic carbocycles. The van der Waals surface area contributed by atoms with Crippen molar-refractivity contribution in [2.45, 2.75) is 32.6 Å². The van der Waals surface area contributed by atoms with Crippen molar-refractivity contribution in [1.29, 1.82) is 0 Å². The van der Waals surface area contributed by atoms with E-state index in [1.54, 1.807) is 13.0 Å². The van der Waals surface area contributed by atoms with E-state index < -0.39 is 0 Å². The van der Waals surface area contributed by atoms with Crippen LogP contribution in [0.15, 0.2) is 42.5 Å². The maximum atomic E-state index is 14.6. The fourth-order valence-electron chi connectivity index (χ4n) is 3.95. The van der Waals surface area contributed by atoms with Crippen molar-refractivity contribution in [2.75, 3.05) is 5.73 Å². The van der Waals surface area contributed by atoms with Crippen molar-refractivity contribution < 1.29 is 9.18 Å². The maximum Gasteiger partial charge on any atom is 0.220 e. The molecule has 1 aliphatic rings. The summed E-state index contributed by atoms with van der Waals surface area (Å²) in [6.07, 6.45) is 0.935. The minimum atomic E-state index is -0.257. The van der Waals surface area contributed by atoms with Gasteiger partial charge in [-0.2, -0.15) is 0 Å². The lowest BCUT2D eigenvalue weighted by atomic mass is 9.78. The largest absolute Gasteiger partial charge is 0.368 e. The lowest BCUT2D eigenvalue weighted by Gasteiger charge is -2.26. The van der Waals surface area contributed by atoms with Crippen LogP contribution in [-0.4, -0.2) is 15.8 Å². The molecule has 0 aliphatic heterocycles. The van der Waals surface area contributed by atoms with Gasteiger partial charge in [-0.25, -0.2) is 14.4 Å². The number of benzene rings is 2. The Kier molecular flexibility index (Phi) is 4.22. The van der Waals surface area contributed by atoms with Gasteiger partial charge in [-0.15, -0.1) is 0 Å². The molecular weight excluding hydrogens is 341 g/mol. The number of halogens is 1. The summed E-state index contributed by atoms with van der Waals surface area (Å²) in [6.45, 7) is 3.65. The van der Waals surface area contributed by atoms with Gasteiger partial charge in [0.05, 0.1) is 17.0 Å². The molecule has 3 aromatic rings. The number of hydrogen-bond donors (Lipinski definition) is 1. The minimum absolute atomic E-state index is 0.0120. The highest BCUT2D eigenvalue weighted by Crippen LogP contribution is 2.38. The van der Waals surface area contributed by atoms with E-state index in [2.05, 4.69) is 9.97 Å².